The first-order valence-electron chi connectivity index (χ1n) is 9.58. The molecule has 1 aromatic heterocycles. The first kappa shape index (κ1) is 21.5. The quantitative estimate of drug-likeness (QED) is 0.402. The fourth-order valence-corrected chi connectivity index (χ4v) is 3.78. The van der Waals surface area contributed by atoms with Gasteiger partial charge in [0.25, 0.3) is 0 Å². The zero-order valence-electron chi connectivity index (χ0n) is 17.0. The van der Waals surface area contributed by atoms with E-state index in [1.165, 1.54) is 18.2 Å². The van der Waals surface area contributed by atoms with Crippen LogP contribution in [0, 0.1) is 11.6 Å². The van der Waals surface area contributed by atoms with Crippen LogP contribution in [0.4, 0.5) is 14.5 Å². The number of hydrogen-bond donors (Lipinski definition) is 1. The Morgan fingerprint density at radius 1 is 0.969 bits per heavy atom. The number of carbonyl (C=O) groups is 1. The summed E-state index contributed by atoms with van der Waals surface area (Å²) in [6, 6.07) is 19.3. The molecule has 0 aliphatic rings. The molecule has 0 spiro atoms. The number of carbonyl (C=O) groups excluding carboxylic acids is 1. The maximum atomic E-state index is 14.5. The number of halogens is 2. The van der Waals surface area contributed by atoms with Gasteiger partial charge in [-0.3, -0.25) is 9.36 Å². The molecule has 0 atom stereocenters. The summed E-state index contributed by atoms with van der Waals surface area (Å²) in [5.74, 6) is -0.452. The van der Waals surface area contributed by atoms with Crippen LogP contribution in [0.25, 0.3) is 17.1 Å². The number of hydrogen-bond acceptors (Lipinski definition) is 5. The van der Waals surface area contributed by atoms with Crippen molar-refractivity contribution in [2.75, 3.05) is 18.2 Å². The molecule has 4 rings (SSSR count). The molecule has 0 unspecified atom stereocenters. The molecule has 0 aliphatic carbocycles. The molecule has 3 aromatic carbocycles. The molecule has 1 amide bonds. The van der Waals surface area contributed by atoms with E-state index in [1.54, 1.807) is 66.3 Å². The van der Waals surface area contributed by atoms with Crippen LogP contribution in [0.5, 0.6) is 5.75 Å². The van der Waals surface area contributed by atoms with E-state index in [0.717, 1.165) is 11.8 Å². The summed E-state index contributed by atoms with van der Waals surface area (Å²) in [6.45, 7) is 0. The molecule has 0 saturated heterocycles. The lowest BCUT2D eigenvalue weighted by atomic mass is 10.2. The second-order valence-corrected chi connectivity index (χ2v) is 7.58. The topological polar surface area (TPSA) is 69.0 Å². The van der Waals surface area contributed by atoms with Crippen molar-refractivity contribution in [2.24, 2.45) is 0 Å². The van der Waals surface area contributed by atoms with E-state index in [0.29, 0.717) is 22.4 Å². The number of nitrogens with one attached hydrogen (secondary N) is 1. The Hall–Kier alpha value is -3.72. The first-order chi connectivity index (χ1) is 15.6. The standard InChI is InChI=1S/C23H18F2N4O2S/c1-31-16-12-10-15(11-13-16)29-22(17-6-2-3-7-18(17)24)27-28-23(29)32-14-21(30)26-20-9-5-4-8-19(20)25/h2-13H,14H2,1H3,(H,26,30). The van der Waals surface area contributed by atoms with Crippen LogP contribution in [0.1, 0.15) is 0 Å². The molecule has 6 nitrogen and oxygen atoms in total. The van der Waals surface area contributed by atoms with Crippen LogP contribution in [0.2, 0.25) is 0 Å². The van der Waals surface area contributed by atoms with Gasteiger partial charge in [-0.2, -0.15) is 0 Å². The van der Waals surface area contributed by atoms with Gasteiger partial charge in [0.15, 0.2) is 11.0 Å². The highest BCUT2D eigenvalue weighted by Crippen LogP contribution is 2.30. The molecule has 4 aromatic rings. The van der Waals surface area contributed by atoms with E-state index in [-0.39, 0.29) is 17.0 Å². The van der Waals surface area contributed by atoms with Crippen LogP contribution in [0.15, 0.2) is 78.0 Å². The van der Waals surface area contributed by atoms with Gasteiger partial charge in [0.1, 0.15) is 17.4 Å². The summed E-state index contributed by atoms with van der Waals surface area (Å²) < 4.78 is 35.2. The third kappa shape index (κ3) is 4.62. The third-order valence-electron chi connectivity index (χ3n) is 4.56. The molecular weight excluding hydrogens is 434 g/mol. The Bertz CT molecular complexity index is 1240. The molecule has 9 heteroatoms. The molecule has 162 valence electrons. The highest BCUT2D eigenvalue weighted by molar-refractivity contribution is 7.99. The summed E-state index contributed by atoms with van der Waals surface area (Å²) in [5, 5.41) is 11.3. The van der Waals surface area contributed by atoms with Crippen molar-refractivity contribution in [3.05, 3.63) is 84.4 Å². The molecule has 0 radical (unpaired) electrons. The minimum atomic E-state index is -0.519. The van der Waals surface area contributed by atoms with Gasteiger partial charge in [0, 0.05) is 0 Å². The van der Waals surface area contributed by atoms with E-state index >= 15 is 0 Å². The van der Waals surface area contributed by atoms with Crippen LogP contribution >= 0.6 is 11.8 Å². The van der Waals surface area contributed by atoms with Crippen LogP contribution in [-0.2, 0) is 4.79 Å². The number of thioether (sulfide) groups is 1. The Morgan fingerprint density at radius 3 is 2.34 bits per heavy atom. The number of ether oxygens (including phenoxy) is 1. The van der Waals surface area contributed by atoms with Crippen LogP contribution < -0.4 is 10.1 Å². The number of anilines is 1. The molecule has 0 saturated carbocycles. The highest BCUT2D eigenvalue weighted by atomic mass is 32.2. The Labute approximate surface area is 187 Å². The maximum Gasteiger partial charge on any atom is 0.234 e. The van der Waals surface area contributed by atoms with Gasteiger partial charge in [-0.25, -0.2) is 8.78 Å². The maximum absolute atomic E-state index is 14.5. The smallest absolute Gasteiger partial charge is 0.234 e. The zero-order chi connectivity index (χ0) is 22.5. The molecule has 0 aliphatic heterocycles. The Balaban J connectivity index is 1.63. The SMILES string of the molecule is COc1ccc(-n2c(SCC(=O)Nc3ccccc3F)nnc2-c2ccccc2F)cc1. The predicted molar refractivity (Wildman–Crippen MR) is 119 cm³/mol. The first-order valence-corrected chi connectivity index (χ1v) is 10.6. The fraction of sp³-hybridized carbons (Fsp3) is 0.0870. The lowest BCUT2D eigenvalue weighted by molar-refractivity contribution is -0.113. The van der Waals surface area contributed by atoms with E-state index in [4.69, 9.17) is 4.74 Å². The summed E-state index contributed by atoms with van der Waals surface area (Å²) in [5.41, 5.74) is 1.05. The largest absolute Gasteiger partial charge is 0.497 e. The number of aromatic nitrogens is 3. The fourth-order valence-electron chi connectivity index (χ4n) is 3.02. The summed E-state index contributed by atoms with van der Waals surface area (Å²) in [6.07, 6.45) is 0. The average Bonchev–Trinajstić information content (AvgIpc) is 3.23. The van der Waals surface area contributed by atoms with Crippen molar-refractivity contribution in [1.29, 1.82) is 0 Å². The summed E-state index contributed by atoms with van der Waals surface area (Å²) in [4.78, 5) is 12.4. The second kappa shape index (κ2) is 9.61. The number of amides is 1. The Kier molecular flexibility index (Phi) is 6.46. The third-order valence-corrected chi connectivity index (χ3v) is 5.49. The molecule has 1 heterocycles. The van der Waals surface area contributed by atoms with Gasteiger partial charge in [0.2, 0.25) is 5.91 Å². The minimum Gasteiger partial charge on any atom is -0.497 e. The van der Waals surface area contributed by atoms with Crippen molar-refractivity contribution >= 4 is 23.4 Å². The van der Waals surface area contributed by atoms with E-state index in [1.807, 2.05) is 0 Å². The van der Waals surface area contributed by atoms with Gasteiger partial charge in [-0.05, 0) is 48.5 Å². The molecule has 1 N–H and O–H groups in total. The average molecular weight is 452 g/mol. The van der Waals surface area contributed by atoms with Crippen molar-refractivity contribution < 1.29 is 18.3 Å². The minimum absolute atomic E-state index is 0.0418. The van der Waals surface area contributed by atoms with Crippen molar-refractivity contribution in [3.63, 3.8) is 0 Å². The van der Waals surface area contributed by atoms with Gasteiger partial charge >= 0.3 is 0 Å². The second-order valence-electron chi connectivity index (χ2n) is 6.64. The number of methoxy groups -OCH3 is 1. The molecule has 0 fully saturated rings. The van der Waals surface area contributed by atoms with Crippen molar-refractivity contribution in [3.8, 4) is 22.8 Å². The lowest BCUT2D eigenvalue weighted by Gasteiger charge is -2.12. The van der Waals surface area contributed by atoms with Gasteiger partial charge < -0.3 is 10.1 Å². The van der Waals surface area contributed by atoms with Crippen molar-refractivity contribution in [1.82, 2.24) is 14.8 Å². The number of rotatable bonds is 7. The molecular formula is C23H18F2N4O2S. The Morgan fingerprint density at radius 2 is 1.66 bits per heavy atom. The van der Waals surface area contributed by atoms with E-state index in [9.17, 15) is 13.6 Å². The zero-order valence-corrected chi connectivity index (χ0v) is 17.8. The summed E-state index contributed by atoms with van der Waals surface area (Å²) >= 11 is 1.11. The highest BCUT2D eigenvalue weighted by Gasteiger charge is 2.20. The number of para-hydroxylation sites is 1. The van der Waals surface area contributed by atoms with E-state index in [2.05, 4.69) is 15.5 Å². The molecule has 32 heavy (non-hydrogen) atoms. The number of nitrogens with zero attached hydrogens (tertiary/aromatic N) is 3. The predicted octanol–water partition coefficient (Wildman–Crippen LogP) is 4.95. The van der Waals surface area contributed by atoms with Crippen LogP contribution in [0.3, 0.4) is 0 Å². The van der Waals surface area contributed by atoms with Gasteiger partial charge in [0.05, 0.1) is 29.8 Å². The van der Waals surface area contributed by atoms with E-state index < -0.39 is 17.5 Å². The molecule has 0 bridgehead atoms. The normalized spacial score (nSPS) is 10.7. The monoisotopic (exact) mass is 452 g/mol. The van der Waals surface area contributed by atoms with Crippen LogP contribution in [-0.4, -0.2) is 33.5 Å². The van der Waals surface area contributed by atoms with Gasteiger partial charge in [-0.15, -0.1) is 10.2 Å². The van der Waals surface area contributed by atoms with Gasteiger partial charge in [-0.1, -0.05) is 36.0 Å². The number of benzene rings is 3. The summed E-state index contributed by atoms with van der Waals surface area (Å²) in [7, 11) is 1.56. The van der Waals surface area contributed by atoms with Crippen molar-refractivity contribution in [2.45, 2.75) is 5.16 Å². The lowest BCUT2D eigenvalue weighted by Crippen LogP contribution is -2.15.